The van der Waals surface area contributed by atoms with E-state index >= 15 is 0 Å². The number of carboxylic acid groups (broad SMARTS) is 2. The topological polar surface area (TPSA) is 306 Å². The molecule has 0 bridgehead atoms. The fourth-order valence-electron chi connectivity index (χ4n) is 4.62. The van der Waals surface area contributed by atoms with Crippen molar-refractivity contribution in [3.05, 3.63) is 34.9 Å². The number of aromatic nitrogens is 11. The highest BCUT2D eigenvalue weighted by molar-refractivity contribution is 5.92. The molecule has 0 aliphatic carbocycles. The van der Waals surface area contributed by atoms with Gasteiger partial charge in [0, 0.05) is 14.1 Å². The second kappa shape index (κ2) is 14.0. The van der Waals surface area contributed by atoms with Gasteiger partial charge in [-0.1, -0.05) is 26.7 Å². The summed E-state index contributed by atoms with van der Waals surface area (Å²) in [6.07, 6.45) is 6.26. The third-order valence-corrected chi connectivity index (χ3v) is 7.21. The van der Waals surface area contributed by atoms with Gasteiger partial charge in [-0.15, -0.1) is 20.5 Å². The Morgan fingerprint density at radius 3 is 1.49 bits per heavy atom. The van der Waals surface area contributed by atoms with E-state index in [-0.39, 0.29) is 57.7 Å². The monoisotopic (exact) mass is 675 g/mol. The van der Waals surface area contributed by atoms with Crippen molar-refractivity contribution >= 4 is 46.6 Å². The molecule has 5 aromatic heterocycles. The first kappa shape index (κ1) is 33.7. The molecule has 0 aromatic carbocycles. The van der Waals surface area contributed by atoms with E-state index in [1.807, 2.05) is 13.8 Å². The smallest absolute Gasteiger partial charge is 0.341 e. The van der Waals surface area contributed by atoms with Gasteiger partial charge in [-0.2, -0.15) is 44.7 Å². The lowest BCUT2D eigenvalue weighted by Gasteiger charge is -2.06. The van der Waals surface area contributed by atoms with Crippen molar-refractivity contribution < 1.29 is 24.9 Å². The number of hydrogen-bond acceptors (Lipinski definition) is 16. The van der Waals surface area contributed by atoms with Crippen LogP contribution in [0.25, 0.3) is 11.9 Å². The van der Waals surface area contributed by atoms with Crippen LogP contribution in [0.2, 0.25) is 0 Å². The van der Waals surface area contributed by atoms with Gasteiger partial charge in [-0.05, 0) is 25.7 Å². The van der Waals surface area contributed by atoms with Crippen LogP contribution < -0.4 is 11.5 Å². The van der Waals surface area contributed by atoms with Crippen LogP contribution in [0.3, 0.4) is 0 Å². The van der Waals surface area contributed by atoms with Crippen molar-refractivity contribution in [1.82, 2.24) is 54.1 Å². The fraction of sp³-hybridized carbons (Fsp3) is 0.370. The molecule has 5 aromatic rings. The molecular formula is C27H33N17O5. The van der Waals surface area contributed by atoms with Gasteiger partial charge in [0.15, 0.2) is 34.6 Å². The van der Waals surface area contributed by atoms with E-state index in [2.05, 4.69) is 55.8 Å². The lowest BCUT2D eigenvalue weighted by Crippen LogP contribution is -2.13. The number of carboxylic acids is 2. The van der Waals surface area contributed by atoms with E-state index in [1.165, 1.54) is 23.5 Å². The molecule has 0 spiro atoms. The molecule has 0 fully saturated rings. The number of nitrogens with two attached hydrogens (primary N) is 2. The van der Waals surface area contributed by atoms with Gasteiger partial charge in [-0.3, -0.25) is 0 Å². The zero-order valence-corrected chi connectivity index (χ0v) is 26.9. The van der Waals surface area contributed by atoms with Crippen molar-refractivity contribution in [2.24, 2.45) is 34.6 Å². The van der Waals surface area contributed by atoms with Gasteiger partial charge < -0.3 is 26.8 Å². The zero-order valence-electron chi connectivity index (χ0n) is 26.9. The number of anilines is 2. The average Bonchev–Trinajstić information content (AvgIpc) is 3.80. The standard InChI is InChI=1S/C27H33N17O5/c1-5-7-9-15-17(35-37-21-13(23(45)46)11-30-41(21)3)19(28)43(39-15)25-32-26(34-27(49)33-25)44-20(29)18(16(40-44)10-8-6-2)36-38-22-14(24(47)48)12-31-42(22)4/h11-12H,5-10,28-29H2,1-4H3,(H,45,46)(H,47,48)(H,32,33,34,49). The van der Waals surface area contributed by atoms with E-state index in [4.69, 9.17) is 11.5 Å². The molecule has 5 heterocycles. The van der Waals surface area contributed by atoms with Crippen LogP contribution in [0, 0.1) is 0 Å². The first-order chi connectivity index (χ1) is 23.4. The first-order valence-electron chi connectivity index (χ1n) is 15.0. The minimum atomic E-state index is -1.23. The summed E-state index contributed by atoms with van der Waals surface area (Å²) in [7, 11) is 3.04. The van der Waals surface area contributed by atoms with Crippen molar-refractivity contribution in [2.75, 3.05) is 11.5 Å². The second-order valence-electron chi connectivity index (χ2n) is 10.6. The third kappa shape index (κ3) is 6.77. The summed E-state index contributed by atoms with van der Waals surface area (Å²) >= 11 is 0. The van der Waals surface area contributed by atoms with Gasteiger partial charge in [-0.25, -0.2) is 19.0 Å². The molecule has 0 unspecified atom stereocenters. The van der Waals surface area contributed by atoms with Crippen LogP contribution in [0.5, 0.6) is 6.01 Å². The lowest BCUT2D eigenvalue weighted by atomic mass is 10.2. The number of aromatic carboxylic acids is 2. The maximum atomic E-state index is 11.6. The van der Waals surface area contributed by atoms with Crippen LogP contribution in [0.4, 0.5) is 34.6 Å². The van der Waals surface area contributed by atoms with Crippen LogP contribution in [0.15, 0.2) is 32.9 Å². The maximum Gasteiger partial charge on any atom is 0.341 e. The van der Waals surface area contributed by atoms with Crippen molar-refractivity contribution in [3.63, 3.8) is 0 Å². The molecule has 49 heavy (non-hydrogen) atoms. The van der Waals surface area contributed by atoms with Gasteiger partial charge >= 0.3 is 17.9 Å². The molecule has 0 saturated carbocycles. The molecule has 0 aliphatic heterocycles. The van der Waals surface area contributed by atoms with E-state index in [1.54, 1.807) is 0 Å². The Balaban J connectivity index is 1.59. The quantitative estimate of drug-likeness (QED) is 0.105. The first-order valence-corrected chi connectivity index (χ1v) is 15.0. The van der Waals surface area contributed by atoms with Gasteiger partial charge in [0.05, 0.1) is 23.8 Å². The van der Waals surface area contributed by atoms with Crippen LogP contribution in [-0.2, 0) is 26.9 Å². The summed E-state index contributed by atoms with van der Waals surface area (Å²) in [5.74, 6) is -3.00. The number of carbonyl (C=O) groups is 2. The van der Waals surface area contributed by atoms with Gasteiger partial charge in [0.1, 0.15) is 11.1 Å². The minimum absolute atomic E-state index is 0.00949. The van der Waals surface area contributed by atoms with Crippen LogP contribution >= 0.6 is 0 Å². The Morgan fingerprint density at radius 2 is 1.12 bits per heavy atom. The highest BCUT2D eigenvalue weighted by atomic mass is 16.4. The van der Waals surface area contributed by atoms with E-state index in [9.17, 15) is 24.9 Å². The number of aromatic hydroxyl groups is 1. The summed E-state index contributed by atoms with van der Waals surface area (Å²) in [6.45, 7) is 3.98. The number of unbranched alkanes of at least 4 members (excludes halogenated alkanes) is 2. The molecule has 0 radical (unpaired) electrons. The van der Waals surface area contributed by atoms with Crippen LogP contribution in [0.1, 0.15) is 71.6 Å². The molecule has 0 saturated heterocycles. The molecular weight excluding hydrogens is 642 g/mol. The van der Waals surface area contributed by atoms with Crippen molar-refractivity contribution in [1.29, 1.82) is 0 Å². The predicted molar refractivity (Wildman–Crippen MR) is 170 cm³/mol. The molecule has 256 valence electrons. The van der Waals surface area contributed by atoms with Crippen molar-refractivity contribution in [3.8, 4) is 17.9 Å². The van der Waals surface area contributed by atoms with E-state index in [0.29, 0.717) is 37.1 Å². The number of nitrogens with zero attached hydrogens (tertiary/aromatic N) is 15. The highest BCUT2D eigenvalue weighted by Gasteiger charge is 2.24. The van der Waals surface area contributed by atoms with E-state index in [0.717, 1.165) is 34.6 Å². The van der Waals surface area contributed by atoms with E-state index < -0.39 is 17.9 Å². The SMILES string of the molecule is CCCCc1nn(-c2nc(O)nc(-n3nc(CCCC)c(N=Nc4c(C(=O)O)cnn4C)c3N)n2)c(N)c1N=Nc1c(C(=O)O)cnn1C. The Kier molecular flexibility index (Phi) is 9.66. The Labute approximate surface area is 276 Å². The number of azo groups is 2. The molecule has 5 rings (SSSR count). The Morgan fingerprint density at radius 1 is 0.714 bits per heavy atom. The Bertz CT molecular complexity index is 1940. The summed E-state index contributed by atoms with van der Waals surface area (Å²) in [5.41, 5.74) is 13.8. The number of nitrogen functional groups attached to an aromatic ring is 2. The van der Waals surface area contributed by atoms with Crippen molar-refractivity contribution in [2.45, 2.75) is 52.4 Å². The average molecular weight is 676 g/mol. The molecule has 0 atom stereocenters. The summed E-state index contributed by atoms with van der Waals surface area (Å²) < 4.78 is 4.79. The molecule has 22 nitrogen and oxygen atoms in total. The van der Waals surface area contributed by atoms with Crippen LogP contribution in [-0.4, -0.2) is 81.3 Å². The molecule has 0 aliphatic rings. The maximum absolute atomic E-state index is 11.6. The molecule has 0 amide bonds. The van der Waals surface area contributed by atoms with Gasteiger partial charge in [0.25, 0.3) is 11.9 Å². The molecule has 22 heteroatoms. The number of hydrogen-bond donors (Lipinski definition) is 5. The lowest BCUT2D eigenvalue weighted by molar-refractivity contribution is 0.0686. The fourth-order valence-corrected chi connectivity index (χ4v) is 4.62. The Hall–Kier alpha value is -6.61. The third-order valence-electron chi connectivity index (χ3n) is 7.21. The largest absolute Gasteiger partial charge is 0.479 e. The molecule has 7 N–H and O–H groups in total. The highest BCUT2D eigenvalue weighted by Crippen LogP contribution is 2.34. The number of aryl methyl sites for hydroxylation is 4. The summed E-state index contributed by atoms with van der Waals surface area (Å²) in [4.78, 5) is 35.7. The second-order valence-corrected chi connectivity index (χ2v) is 10.6. The zero-order chi connectivity index (χ0) is 35.4. The van der Waals surface area contributed by atoms with Gasteiger partial charge in [0.2, 0.25) is 0 Å². The summed E-state index contributed by atoms with van der Waals surface area (Å²) in [5, 5.41) is 63.2. The normalized spacial score (nSPS) is 11.8. The number of rotatable bonds is 14. The minimum Gasteiger partial charge on any atom is -0.479 e. The predicted octanol–water partition coefficient (Wildman–Crippen LogP) is 3.49. The summed E-state index contributed by atoms with van der Waals surface area (Å²) in [6, 6.07) is -0.705.